The number of hydrogen-bond donors (Lipinski definition) is 7. The Labute approximate surface area is 360 Å². The second-order valence-corrected chi connectivity index (χ2v) is 15.5. The van der Waals surface area contributed by atoms with E-state index in [1.807, 2.05) is 0 Å². The SMILES string of the molecule is COc1c(O)c2c(=O)cc(CO)c3c4c(CO)cc(NCCOC(=O)N5CC(=O)NC(=O)C5)c5c(=O)c(NCCOC(=O)N6CC(=O)NC(=O)C6)c6c(c(c1C(C(C)=O)C(C)=C6)c23)c54. The van der Waals surface area contributed by atoms with Crippen LogP contribution in [0.15, 0.2) is 27.3 Å². The van der Waals surface area contributed by atoms with Gasteiger partial charge in [0.25, 0.3) is 0 Å². The van der Waals surface area contributed by atoms with Crippen molar-refractivity contribution in [3.05, 3.63) is 60.4 Å². The van der Waals surface area contributed by atoms with E-state index in [1.165, 1.54) is 20.1 Å². The molecule has 64 heavy (non-hydrogen) atoms. The molecule has 332 valence electrons. The molecule has 1 aliphatic carbocycles. The van der Waals surface area contributed by atoms with Gasteiger partial charge in [0.1, 0.15) is 45.2 Å². The summed E-state index contributed by atoms with van der Waals surface area (Å²) in [7, 11) is 1.27. The van der Waals surface area contributed by atoms with Crippen molar-refractivity contribution < 1.29 is 63.1 Å². The first kappa shape index (κ1) is 43.0. The van der Waals surface area contributed by atoms with Gasteiger partial charge in [-0.15, -0.1) is 0 Å². The Hall–Kier alpha value is -7.65. The topological polar surface area (TPSA) is 297 Å². The van der Waals surface area contributed by atoms with Crippen molar-refractivity contribution in [1.29, 1.82) is 0 Å². The molecule has 0 radical (unpaired) electrons. The molecular formula is C43H40N6O15. The normalized spacial score (nSPS) is 16.3. The number of fused-ring (bicyclic) bond motifs is 1. The Balaban J connectivity index is 1.35. The summed E-state index contributed by atoms with van der Waals surface area (Å²) in [6.45, 7) is -1.01. The fourth-order valence-corrected chi connectivity index (χ4v) is 9.11. The van der Waals surface area contributed by atoms with E-state index in [-0.39, 0.29) is 109 Å². The predicted octanol–water partition coefficient (Wildman–Crippen LogP) is 0.698. The molecule has 8 rings (SSSR count). The standard InChI is InChI=1S/C43H40N6O15/c1-17-8-21-31-34-29(30-20(16-51)10-23(53)33-35(30)36(31)37(28(17)18(2)52)41(62-3)40(33)59)19(15-50)9-22(44-4-6-63-42(60)48-11-24(54)46-25(55)12-48)32(34)39(58)38(21)45-5-7-64-43(61)49-13-26(56)47-27(57)14-49/h8-10,28,44-45,50-51,59H,4-7,11-16H2,1-3H3,(H,46,54,55)(H,47,56,57). The number of carbonyl (C=O) groups excluding carboxylic acids is 7. The summed E-state index contributed by atoms with van der Waals surface area (Å²) in [5.41, 5.74) is -0.123. The number of aliphatic hydroxyl groups is 2. The number of aromatic hydroxyl groups is 1. The Morgan fingerprint density at radius 1 is 0.719 bits per heavy atom. The highest BCUT2D eigenvalue weighted by Gasteiger charge is 2.37. The highest BCUT2D eigenvalue weighted by molar-refractivity contribution is 6.39. The number of piperazine rings is 2. The maximum absolute atomic E-state index is 15.2. The van der Waals surface area contributed by atoms with Gasteiger partial charge in [0.05, 0.1) is 42.7 Å². The molecular weight excluding hydrogens is 840 g/mol. The zero-order valence-electron chi connectivity index (χ0n) is 34.5. The zero-order chi connectivity index (χ0) is 45.9. The minimum Gasteiger partial charge on any atom is -0.504 e. The highest BCUT2D eigenvalue weighted by Crippen LogP contribution is 2.55. The molecule has 5 aromatic carbocycles. The van der Waals surface area contributed by atoms with Crippen LogP contribution in [0.4, 0.5) is 21.0 Å². The van der Waals surface area contributed by atoms with Crippen LogP contribution < -0.4 is 36.9 Å². The van der Waals surface area contributed by atoms with Gasteiger partial charge in [-0.3, -0.25) is 54.0 Å². The van der Waals surface area contributed by atoms with Crippen LogP contribution >= 0.6 is 0 Å². The third-order valence-electron chi connectivity index (χ3n) is 11.5. The van der Waals surface area contributed by atoms with Crippen LogP contribution in [-0.2, 0) is 46.7 Å². The van der Waals surface area contributed by atoms with Gasteiger partial charge in [-0.05, 0) is 53.3 Å². The van der Waals surface area contributed by atoms with Gasteiger partial charge in [0, 0.05) is 46.1 Å². The van der Waals surface area contributed by atoms with Crippen LogP contribution in [0.25, 0.3) is 49.2 Å². The molecule has 1 unspecified atom stereocenters. The number of hydrogen-bond acceptors (Lipinski definition) is 17. The largest absolute Gasteiger partial charge is 0.504 e. The van der Waals surface area contributed by atoms with Crippen molar-refractivity contribution in [3.8, 4) is 11.5 Å². The molecule has 7 N–H and O–H groups in total. The van der Waals surface area contributed by atoms with Crippen molar-refractivity contribution in [3.63, 3.8) is 0 Å². The molecule has 0 aromatic heterocycles. The van der Waals surface area contributed by atoms with Crippen molar-refractivity contribution in [2.45, 2.75) is 33.0 Å². The zero-order valence-corrected chi connectivity index (χ0v) is 34.5. The van der Waals surface area contributed by atoms with E-state index in [0.29, 0.717) is 11.0 Å². The highest BCUT2D eigenvalue weighted by atomic mass is 16.6. The van der Waals surface area contributed by atoms with Crippen LogP contribution in [0.5, 0.6) is 11.5 Å². The molecule has 2 saturated heterocycles. The second kappa shape index (κ2) is 16.6. The van der Waals surface area contributed by atoms with Gasteiger partial charge in [-0.1, -0.05) is 11.6 Å². The summed E-state index contributed by atoms with van der Waals surface area (Å²) in [4.78, 5) is 118. The minimum absolute atomic E-state index is 0.00659. The number of rotatable bonds is 12. The van der Waals surface area contributed by atoms with Crippen LogP contribution in [0.1, 0.15) is 42.0 Å². The number of aliphatic hydroxyl groups excluding tert-OH is 2. The molecule has 21 heteroatoms. The number of ketones is 1. The van der Waals surface area contributed by atoms with E-state index in [0.717, 1.165) is 15.9 Å². The van der Waals surface area contributed by atoms with Gasteiger partial charge >= 0.3 is 12.2 Å². The van der Waals surface area contributed by atoms with Gasteiger partial charge < -0.3 is 40.2 Å². The average molecular weight is 881 g/mol. The number of benzene rings is 5. The number of phenolic OH excluding ortho intramolecular Hbond substituents is 1. The molecule has 0 bridgehead atoms. The molecule has 2 aliphatic heterocycles. The smallest absolute Gasteiger partial charge is 0.410 e. The van der Waals surface area contributed by atoms with E-state index in [4.69, 9.17) is 14.2 Å². The van der Waals surface area contributed by atoms with Crippen LogP contribution in [-0.4, -0.2) is 126 Å². The molecule has 21 nitrogen and oxygen atoms in total. The van der Waals surface area contributed by atoms with Crippen molar-refractivity contribution in [1.82, 2.24) is 20.4 Å². The third-order valence-corrected chi connectivity index (χ3v) is 11.5. The molecule has 3 aliphatic rings. The summed E-state index contributed by atoms with van der Waals surface area (Å²) >= 11 is 0. The number of allylic oxidation sites excluding steroid dienone is 1. The van der Waals surface area contributed by atoms with E-state index in [2.05, 4.69) is 21.3 Å². The minimum atomic E-state index is -1.10. The molecule has 1 atom stereocenters. The number of anilines is 2. The van der Waals surface area contributed by atoms with Gasteiger partial charge in [-0.2, -0.15) is 0 Å². The predicted molar refractivity (Wildman–Crippen MR) is 228 cm³/mol. The summed E-state index contributed by atoms with van der Waals surface area (Å²) < 4.78 is 16.5. The van der Waals surface area contributed by atoms with Crippen molar-refractivity contribution in [2.75, 3.05) is 70.2 Å². The Kier molecular flexibility index (Phi) is 11.1. The molecule has 2 heterocycles. The molecule has 0 spiro atoms. The lowest BCUT2D eigenvalue weighted by Crippen LogP contribution is -2.53. The summed E-state index contributed by atoms with van der Waals surface area (Å²) in [6, 6.07) is 2.62. The lowest BCUT2D eigenvalue weighted by Gasteiger charge is -2.26. The fourth-order valence-electron chi connectivity index (χ4n) is 9.11. The van der Waals surface area contributed by atoms with E-state index in [1.54, 1.807) is 13.0 Å². The lowest BCUT2D eigenvalue weighted by molar-refractivity contribution is -0.136. The maximum Gasteiger partial charge on any atom is 0.410 e. The first-order chi connectivity index (χ1) is 30.6. The average Bonchev–Trinajstić information content (AvgIpc) is 3.37. The number of nitrogens with one attached hydrogen (secondary N) is 4. The monoisotopic (exact) mass is 880 g/mol. The summed E-state index contributed by atoms with van der Waals surface area (Å²) in [5.74, 6) is -4.98. The second-order valence-electron chi connectivity index (χ2n) is 15.5. The maximum atomic E-state index is 15.2. The number of ether oxygens (including phenoxy) is 3. The summed E-state index contributed by atoms with van der Waals surface area (Å²) in [5, 5.41) is 45.2. The number of phenols is 1. The van der Waals surface area contributed by atoms with Gasteiger partial charge in [0.2, 0.25) is 29.1 Å². The molecule has 5 aromatic rings. The van der Waals surface area contributed by atoms with Crippen molar-refractivity contribution >= 4 is 102 Å². The number of nitrogens with zero attached hydrogens (tertiary/aromatic N) is 2. The van der Waals surface area contributed by atoms with E-state index in [9.17, 15) is 53.7 Å². The van der Waals surface area contributed by atoms with Gasteiger partial charge in [-0.25, -0.2) is 9.59 Å². The van der Waals surface area contributed by atoms with E-state index >= 15 is 4.79 Å². The Morgan fingerprint density at radius 3 is 1.75 bits per heavy atom. The van der Waals surface area contributed by atoms with Crippen LogP contribution in [0, 0.1) is 0 Å². The van der Waals surface area contributed by atoms with Gasteiger partial charge in [0.15, 0.2) is 16.9 Å². The molecule has 0 saturated carbocycles. The first-order valence-electron chi connectivity index (χ1n) is 19.9. The number of imide groups is 2. The summed E-state index contributed by atoms with van der Waals surface area (Å²) in [6.07, 6.45) is -0.294. The number of carbonyl (C=O) groups is 7. The first-order valence-corrected chi connectivity index (χ1v) is 19.9. The number of methoxy groups -OCH3 is 1. The quantitative estimate of drug-likeness (QED) is 0.0393. The van der Waals surface area contributed by atoms with Crippen molar-refractivity contribution in [2.24, 2.45) is 0 Å². The molecule has 2 fully saturated rings. The lowest BCUT2D eigenvalue weighted by atomic mass is 9.79. The van der Waals surface area contributed by atoms with Crippen LogP contribution in [0.3, 0.4) is 0 Å². The number of amides is 6. The Morgan fingerprint density at radius 2 is 1.23 bits per heavy atom. The number of Topliss-reactive ketones (excluding diaryl/α,β-unsaturated/α-hetero) is 1. The molecule has 6 amide bonds. The Bertz CT molecular complexity index is 3030. The fraction of sp³-hybridized carbons (Fsp3) is 0.326. The third kappa shape index (κ3) is 7.03. The van der Waals surface area contributed by atoms with E-state index < -0.39 is 97.7 Å². The van der Waals surface area contributed by atoms with Crippen LogP contribution in [0.2, 0.25) is 0 Å².